The molecule has 0 spiro atoms. The first-order valence-corrected chi connectivity index (χ1v) is 6.88. The molecule has 0 aliphatic carbocycles. The number of amides is 1. The van der Waals surface area contributed by atoms with Crippen LogP contribution in [-0.2, 0) is 4.79 Å². The molecule has 8 heteroatoms. The van der Waals surface area contributed by atoms with E-state index in [0.717, 1.165) is 6.07 Å². The molecule has 0 unspecified atom stereocenters. The van der Waals surface area contributed by atoms with E-state index in [9.17, 15) is 13.6 Å². The fourth-order valence-corrected chi connectivity index (χ4v) is 1.87. The molecular weight excluding hydrogens is 320 g/mol. The van der Waals surface area contributed by atoms with E-state index in [1.54, 1.807) is 24.3 Å². The van der Waals surface area contributed by atoms with Crippen LogP contribution in [0.3, 0.4) is 0 Å². The van der Waals surface area contributed by atoms with Gasteiger partial charge in [0.1, 0.15) is 17.4 Å². The quantitative estimate of drug-likeness (QED) is 0.777. The Balaban J connectivity index is 1.62. The van der Waals surface area contributed by atoms with Gasteiger partial charge in [-0.15, -0.1) is 5.10 Å². The summed E-state index contributed by atoms with van der Waals surface area (Å²) in [6.45, 7) is -0.257. The third kappa shape index (κ3) is 3.72. The fourth-order valence-electron chi connectivity index (χ4n) is 1.87. The third-order valence-electron chi connectivity index (χ3n) is 2.95. The van der Waals surface area contributed by atoms with Crippen LogP contribution in [0.4, 0.5) is 14.8 Å². The molecule has 0 aliphatic rings. The highest BCUT2D eigenvalue weighted by atomic mass is 19.1. The van der Waals surface area contributed by atoms with Crippen LogP contribution < -0.4 is 10.1 Å². The Morgan fingerprint density at radius 1 is 1.12 bits per heavy atom. The minimum absolute atomic E-state index is 0.0649. The molecule has 1 amide bonds. The smallest absolute Gasteiger partial charge is 0.322 e. The molecule has 1 heterocycles. The molecule has 0 radical (unpaired) electrons. The van der Waals surface area contributed by atoms with Crippen molar-refractivity contribution in [2.24, 2.45) is 0 Å². The topological polar surface area (TPSA) is 77.2 Å². The van der Waals surface area contributed by atoms with Gasteiger partial charge in [0.05, 0.1) is 5.56 Å². The molecule has 3 aromatic rings. The predicted molar refractivity (Wildman–Crippen MR) is 80.2 cm³/mol. The van der Waals surface area contributed by atoms with Gasteiger partial charge in [-0.2, -0.15) is 0 Å². The summed E-state index contributed by atoms with van der Waals surface area (Å²) >= 11 is 0. The third-order valence-corrected chi connectivity index (χ3v) is 2.95. The number of nitrogens with one attached hydrogen (secondary N) is 1. The Morgan fingerprint density at radius 3 is 2.67 bits per heavy atom. The molecule has 0 bridgehead atoms. The molecule has 0 saturated carbocycles. The summed E-state index contributed by atoms with van der Waals surface area (Å²) in [5, 5.41) is 9.53. The van der Waals surface area contributed by atoms with Crippen molar-refractivity contribution >= 4 is 11.9 Å². The lowest BCUT2D eigenvalue weighted by Crippen LogP contribution is -2.20. The Hall–Kier alpha value is -3.29. The van der Waals surface area contributed by atoms with E-state index in [2.05, 4.69) is 15.5 Å². The van der Waals surface area contributed by atoms with Crippen LogP contribution in [0.1, 0.15) is 0 Å². The van der Waals surface area contributed by atoms with E-state index in [4.69, 9.17) is 9.15 Å². The maximum atomic E-state index is 13.6. The number of ether oxygens (including phenoxy) is 1. The van der Waals surface area contributed by atoms with E-state index in [0.29, 0.717) is 11.8 Å². The van der Waals surface area contributed by atoms with Crippen molar-refractivity contribution in [1.29, 1.82) is 0 Å². The van der Waals surface area contributed by atoms with Gasteiger partial charge < -0.3 is 9.15 Å². The summed E-state index contributed by atoms with van der Waals surface area (Å²) in [6, 6.07) is 11.5. The minimum Gasteiger partial charge on any atom is -0.484 e. The van der Waals surface area contributed by atoms with Crippen LogP contribution in [0.5, 0.6) is 5.75 Å². The number of halogens is 2. The summed E-state index contributed by atoms with van der Waals surface area (Å²) in [5.41, 5.74) is -0.0649. The maximum absolute atomic E-state index is 13.6. The van der Waals surface area contributed by atoms with Crippen LogP contribution >= 0.6 is 0 Å². The van der Waals surface area contributed by atoms with E-state index in [1.807, 2.05) is 6.07 Å². The van der Waals surface area contributed by atoms with Crippen molar-refractivity contribution in [3.8, 4) is 17.2 Å². The molecular formula is C16H11F2N3O3. The van der Waals surface area contributed by atoms with Crippen molar-refractivity contribution in [2.75, 3.05) is 11.9 Å². The Bertz CT molecular complexity index is 853. The van der Waals surface area contributed by atoms with Crippen LogP contribution in [0.25, 0.3) is 11.5 Å². The number of rotatable bonds is 5. The number of carbonyl (C=O) groups excluding carboxylic acids is 1. The molecule has 1 aromatic heterocycles. The van der Waals surface area contributed by atoms with E-state index in [1.165, 1.54) is 6.07 Å². The van der Waals surface area contributed by atoms with E-state index >= 15 is 0 Å². The van der Waals surface area contributed by atoms with Gasteiger partial charge in [-0.3, -0.25) is 10.1 Å². The highest BCUT2D eigenvalue weighted by molar-refractivity contribution is 5.89. The lowest BCUT2D eigenvalue weighted by molar-refractivity contribution is -0.118. The maximum Gasteiger partial charge on any atom is 0.322 e. The SMILES string of the molecule is O=C(COc1ccccc1)Nc1nnc(-c2ccc(F)cc2F)o1. The summed E-state index contributed by atoms with van der Waals surface area (Å²) in [5.74, 6) is -1.72. The largest absolute Gasteiger partial charge is 0.484 e. The average Bonchev–Trinajstić information content (AvgIpc) is 3.02. The van der Waals surface area contributed by atoms with Gasteiger partial charge in [-0.1, -0.05) is 23.3 Å². The number of carbonyl (C=O) groups is 1. The second-order valence-electron chi connectivity index (χ2n) is 4.69. The van der Waals surface area contributed by atoms with Crippen LogP contribution in [0.15, 0.2) is 52.9 Å². The number of aromatic nitrogens is 2. The van der Waals surface area contributed by atoms with Gasteiger partial charge >= 0.3 is 6.01 Å². The van der Waals surface area contributed by atoms with Gasteiger partial charge in [-0.05, 0) is 24.3 Å². The van der Waals surface area contributed by atoms with Gasteiger partial charge in [0.2, 0.25) is 0 Å². The van der Waals surface area contributed by atoms with E-state index < -0.39 is 17.5 Å². The van der Waals surface area contributed by atoms with Crippen LogP contribution in [0, 0.1) is 11.6 Å². The minimum atomic E-state index is -0.844. The van der Waals surface area contributed by atoms with Crippen molar-refractivity contribution in [3.63, 3.8) is 0 Å². The second kappa shape index (κ2) is 6.86. The van der Waals surface area contributed by atoms with Crippen molar-refractivity contribution < 1.29 is 22.7 Å². The number of hydrogen-bond acceptors (Lipinski definition) is 5. The predicted octanol–water partition coefficient (Wildman–Crippen LogP) is 3.03. The average molecular weight is 331 g/mol. The lowest BCUT2D eigenvalue weighted by atomic mass is 10.2. The van der Waals surface area contributed by atoms with Crippen LogP contribution in [-0.4, -0.2) is 22.7 Å². The first-order valence-electron chi connectivity index (χ1n) is 6.88. The molecule has 0 atom stereocenters. The Labute approximate surface area is 135 Å². The van der Waals surface area contributed by atoms with Crippen molar-refractivity contribution in [1.82, 2.24) is 10.2 Å². The first kappa shape index (κ1) is 15.6. The van der Waals surface area contributed by atoms with Crippen molar-refractivity contribution in [2.45, 2.75) is 0 Å². The lowest BCUT2D eigenvalue weighted by Gasteiger charge is -2.04. The molecule has 0 saturated heterocycles. The molecule has 1 N–H and O–H groups in total. The van der Waals surface area contributed by atoms with Crippen molar-refractivity contribution in [3.05, 3.63) is 60.2 Å². The van der Waals surface area contributed by atoms with Crippen LogP contribution in [0.2, 0.25) is 0 Å². The van der Waals surface area contributed by atoms with Gasteiger partial charge in [-0.25, -0.2) is 8.78 Å². The standard InChI is InChI=1S/C16H11F2N3O3/c17-10-6-7-12(13(18)8-10)15-20-21-16(24-15)19-14(22)9-23-11-4-2-1-3-5-11/h1-8H,9H2,(H,19,21,22). The van der Waals surface area contributed by atoms with Gasteiger partial charge in [0.15, 0.2) is 6.61 Å². The summed E-state index contributed by atoms with van der Waals surface area (Å²) in [7, 11) is 0. The van der Waals surface area contributed by atoms with Gasteiger partial charge in [0.25, 0.3) is 11.8 Å². The molecule has 6 nitrogen and oxygen atoms in total. The zero-order valence-electron chi connectivity index (χ0n) is 12.2. The molecule has 0 aliphatic heterocycles. The number of benzene rings is 2. The second-order valence-corrected chi connectivity index (χ2v) is 4.69. The zero-order chi connectivity index (χ0) is 16.9. The molecule has 122 valence electrons. The number of para-hydroxylation sites is 1. The normalized spacial score (nSPS) is 10.4. The number of nitrogens with zero attached hydrogens (tertiary/aromatic N) is 2. The number of hydrogen-bond donors (Lipinski definition) is 1. The highest BCUT2D eigenvalue weighted by Gasteiger charge is 2.15. The Morgan fingerprint density at radius 2 is 1.92 bits per heavy atom. The van der Waals surface area contributed by atoms with Gasteiger partial charge in [0, 0.05) is 6.07 Å². The highest BCUT2D eigenvalue weighted by Crippen LogP contribution is 2.23. The molecule has 3 rings (SSSR count). The summed E-state index contributed by atoms with van der Waals surface area (Å²) < 4.78 is 36.9. The molecule has 24 heavy (non-hydrogen) atoms. The molecule has 0 fully saturated rings. The monoisotopic (exact) mass is 331 g/mol. The Kier molecular flexibility index (Phi) is 4.46. The zero-order valence-corrected chi connectivity index (χ0v) is 12.2. The first-order chi connectivity index (χ1) is 11.6. The molecule has 2 aromatic carbocycles. The summed E-state index contributed by atoms with van der Waals surface area (Å²) in [6.07, 6.45) is 0. The number of anilines is 1. The summed E-state index contributed by atoms with van der Waals surface area (Å²) in [4.78, 5) is 11.8. The van der Waals surface area contributed by atoms with E-state index in [-0.39, 0.29) is 24.1 Å². The fraction of sp³-hybridized carbons (Fsp3) is 0.0625.